The highest BCUT2D eigenvalue weighted by Gasteiger charge is 2.15. The number of nitrogen functional groups attached to an aromatic ring is 1. The predicted octanol–water partition coefficient (Wildman–Crippen LogP) is 2.34. The Hall–Kier alpha value is -1.04. The van der Waals surface area contributed by atoms with Gasteiger partial charge in [-0.3, -0.25) is 0 Å². The van der Waals surface area contributed by atoms with Crippen molar-refractivity contribution in [3.63, 3.8) is 0 Å². The standard InChI is InChI=1S/C12H21N5S/c1-2-3-9-18-12-15-10(13)14-11(16-12)17-7-5-4-6-8-17/h2-9H2,1H3,(H2,13,14,15,16). The Balaban J connectivity index is 2.05. The summed E-state index contributed by atoms with van der Waals surface area (Å²) in [6.07, 6.45) is 6.09. The Morgan fingerprint density at radius 3 is 2.67 bits per heavy atom. The van der Waals surface area contributed by atoms with Crippen molar-refractivity contribution < 1.29 is 0 Å². The molecule has 6 heteroatoms. The van der Waals surface area contributed by atoms with Crippen molar-refractivity contribution >= 4 is 23.7 Å². The van der Waals surface area contributed by atoms with Crippen molar-refractivity contribution in [2.24, 2.45) is 0 Å². The Bertz CT molecular complexity index is 379. The molecule has 18 heavy (non-hydrogen) atoms. The van der Waals surface area contributed by atoms with Crippen molar-refractivity contribution in [3.05, 3.63) is 0 Å². The van der Waals surface area contributed by atoms with E-state index in [0.717, 1.165) is 29.9 Å². The number of rotatable bonds is 5. The highest BCUT2D eigenvalue weighted by Crippen LogP contribution is 2.21. The molecule has 1 saturated heterocycles. The van der Waals surface area contributed by atoms with Crippen LogP contribution in [-0.4, -0.2) is 33.8 Å². The summed E-state index contributed by atoms with van der Waals surface area (Å²) in [5.41, 5.74) is 5.77. The van der Waals surface area contributed by atoms with E-state index in [2.05, 4.69) is 26.8 Å². The molecule has 1 aliphatic heterocycles. The quantitative estimate of drug-likeness (QED) is 0.652. The molecule has 0 aliphatic carbocycles. The summed E-state index contributed by atoms with van der Waals surface area (Å²) in [6, 6.07) is 0. The third kappa shape index (κ3) is 3.73. The van der Waals surface area contributed by atoms with Gasteiger partial charge in [-0.1, -0.05) is 25.1 Å². The van der Waals surface area contributed by atoms with Crippen molar-refractivity contribution in [3.8, 4) is 0 Å². The maximum atomic E-state index is 5.77. The molecule has 1 fully saturated rings. The number of unbranched alkanes of at least 4 members (excludes halogenated alkanes) is 1. The molecular formula is C12H21N5S. The second-order valence-corrected chi connectivity index (χ2v) is 5.59. The third-order valence-electron chi connectivity index (χ3n) is 2.99. The first-order valence-electron chi connectivity index (χ1n) is 6.69. The number of hydrogen-bond acceptors (Lipinski definition) is 6. The fourth-order valence-corrected chi connectivity index (χ4v) is 2.89. The van der Waals surface area contributed by atoms with E-state index in [1.165, 1.54) is 32.1 Å². The summed E-state index contributed by atoms with van der Waals surface area (Å²) in [5, 5.41) is 0.761. The summed E-state index contributed by atoms with van der Waals surface area (Å²) in [5.74, 6) is 2.13. The number of piperidine rings is 1. The summed E-state index contributed by atoms with van der Waals surface area (Å²) in [4.78, 5) is 15.2. The van der Waals surface area contributed by atoms with Gasteiger partial charge in [0.15, 0.2) is 5.16 Å². The van der Waals surface area contributed by atoms with Gasteiger partial charge in [-0.2, -0.15) is 15.0 Å². The SMILES string of the molecule is CCCCSc1nc(N)nc(N2CCCCC2)n1. The van der Waals surface area contributed by atoms with Crippen LogP contribution in [0, 0.1) is 0 Å². The van der Waals surface area contributed by atoms with Gasteiger partial charge in [-0.05, 0) is 25.7 Å². The number of nitrogens with two attached hydrogens (primary N) is 1. The first-order valence-corrected chi connectivity index (χ1v) is 7.67. The zero-order valence-corrected chi connectivity index (χ0v) is 11.7. The number of anilines is 2. The van der Waals surface area contributed by atoms with Crippen LogP contribution in [0.1, 0.15) is 39.0 Å². The Morgan fingerprint density at radius 2 is 1.94 bits per heavy atom. The van der Waals surface area contributed by atoms with Crippen LogP contribution in [-0.2, 0) is 0 Å². The van der Waals surface area contributed by atoms with Gasteiger partial charge in [0.25, 0.3) is 0 Å². The number of hydrogen-bond donors (Lipinski definition) is 1. The van der Waals surface area contributed by atoms with Gasteiger partial charge in [-0.25, -0.2) is 0 Å². The third-order valence-corrected chi connectivity index (χ3v) is 3.92. The van der Waals surface area contributed by atoms with E-state index in [0.29, 0.717) is 5.95 Å². The van der Waals surface area contributed by atoms with E-state index in [1.54, 1.807) is 11.8 Å². The fraction of sp³-hybridized carbons (Fsp3) is 0.750. The molecule has 1 aliphatic rings. The smallest absolute Gasteiger partial charge is 0.231 e. The lowest BCUT2D eigenvalue weighted by atomic mass is 10.1. The summed E-state index contributed by atoms with van der Waals surface area (Å²) in [6.45, 7) is 4.24. The van der Waals surface area contributed by atoms with Crippen LogP contribution in [0.3, 0.4) is 0 Å². The molecular weight excluding hydrogens is 246 g/mol. The number of aromatic nitrogens is 3. The predicted molar refractivity (Wildman–Crippen MR) is 75.9 cm³/mol. The van der Waals surface area contributed by atoms with Crippen LogP contribution >= 0.6 is 11.8 Å². The van der Waals surface area contributed by atoms with Crippen LogP contribution < -0.4 is 10.6 Å². The van der Waals surface area contributed by atoms with Gasteiger partial charge in [0.1, 0.15) is 0 Å². The minimum Gasteiger partial charge on any atom is -0.368 e. The van der Waals surface area contributed by atoms with Gasteiger partial charge in [0.2, 0.25) is 11.9 Å². The molecule has 2 rings (SSSR count). The fourth-order valence-electron chi connectivity index (χ4n) is 1.97. The molecule has 0 radical (unpaired) electrons. The van der Waals surface area contributed by atoms with E-state index in [1.807, 2.05) is 0 Å². The van der Waals surface area contributed by atoms with Crippen LogP contribution in [0.25, 0.3) is 0 Å². The number of thioether (sulfide) groups is 1. The van der Waals surface area contributed by atoms with E-state index >= 15 is 0 Å². The van der Waals surface area contributed by atoms with Crippen LogP contribution in [0.4, 0.5) is 11.9 Å². The second kappa shape index (κ2) is 6.78. The molecule has 2 N–H and O–H groups in total. The van der Waals surface area contributed by atoms with Gasteiger partial charge >= 0.3 is 0 Å². The van der Waals surface area contributed by atoms with Crippen molar-refractivity contribution in [1.29, 1.82) is 0 Å². The van der Waals surface area contributed by atoms with Crippen molar-refractivity contribution in [2.75, 3.05) is 29.5 Å². The largest absolute Gasteiger partial charge is 0.368 e. The van der Waals surface area contributed by atoms with Crippen molar-refractivity contribution in [2.45, 2.75) is 44.2 Å². The van der Waals surface area contributed by atoms with Crippen LogP contribution in [0.15, 0.2) is 5.16 Å². The molecule has 1 aromatic heterocycles. The topological polar surface area (TPSA) is 67.9 Å². The molecule has 0 bridgehead atoms. The molecule has 5 nitrogen and oxygen atoms in total. The molecule has 100 valence electrons. The van der Waals surface area contributed by atoms with Gasteiger partial charge in [0, 0.05) is 18.8 Å². The highest BCUT2D eigenvalue weighted by atomic mass is 32.2. The highest BCUT2D eigenvalue weighted by molar-refractivity contribution is 7.99. The maximum absolute atomic E-state index is 5.77. The first kappa shape index (κ1) is 13.4. The number of nitrogens with zero attached hydrogens (tertiary/aromatic N) is 4. The lowest BCUT2D eigenvalue weighted by Gasteiger charge is -2.26. The van der Waals surface area contributed by atoms with Gasteiger partial charge in [-0.15, -0.1) is 0 Å². The normalized spacial score (nSPS) is 15.9. The molecule has 1 aromatic rings. The summed E-state index contributed by atoms with van der Waals surface area (Å²) in [7, 11) is 0. The molecule has 0 unspecified atom stereocenters. The molecule has 2 heterocycles. The van der Waals surface area contributed by atoms with E-state index in [-0.39, 0.29) is 0 Å². The van der Waals surface area contributed by atoms with Crippen LogP contribution in [0.2, 0.25) is 0 Å². The zero-order chi connectivity index (χ0) is 12.8. The molecule has 0 amide bonds. The monoisotopic (exact) mass is 267 g/mol. The van der Waals surface area contributed by atoms with Crippen molar-refractivity contribution in [1.82, 2.24) is 15.0 Å². The average molecular weight is 267 g/mol. The Labute approximate surface area is 113 Å². The maximum Gasteiger partial charge on any atom is 0.231 e. The van der Waals surface area contributed by atoms with Gasteiger partial charge in [0.05, 0.1) is 0 Å². The lowest BCUT2D eigenvalue weighted by Crippen LogP contribution is -2.31. The lowest BCUT2D eigenvalue weighted by molar-refractivity contribution is 0.565. The average Bonchev–Trinajstić information content (AvgIpc) is 2.39. The summed E-state index contributed by atoms with van der Waals surface area (Å²) >= 11 is 1.67. The molecule has 0 atom stereocenters. The summed E-state index contributed by atoms with van der Waals surface area (Å²) < 4.78 is 0. The first-order chi connectivity index (χ1) is 8.79. The van der Waals surface area contributed by atoms with E-state index < -0.39 is 0 Å². The van der Waals surface area contributed by atoms with Gasteiger partial charge < -0.3 is 10.6 Å². The molecule has 0 spiro atoms. The molecule has 0 aromatic carbocycles. The molecule has 0 saturated carbocycles. The Morgan fingerprint density at radius 1 is 1.17 bits per heavy atom. The second-order valence-electron chi connectivity index (χ2n) is 4.53. The Kier molecular flexibility index (Phi) is 5.04. The minimum atomic E-state index is 0.338. The van der Waals surface area contributed by atoms with E-state index in [4.69, 9.17) is 5.73 Å². The minimum absolute atomic E-state index is 0.338. The zero-order valence-electron chi connectivity index (χ0n) is 10.9. The van der Waals surface area contributed by atoms with Crippen LogP contribution in [0.5, 0.6) is 0 Å². The van der Waals surface area contributed by atoms with E-state index in [9.17, 15) is 0 Å².